The zero-order chi connectivity index (χ0) is 10.8. The summed E-state index contributed by atoms with van der Waals surface area (Å²) in [5.74, 6) is 0.0472. The van der Waals surface area contributed by atoms with E-state index in [1.807, 2.05) is 0 Å². The summed E-state index contributed by atoms with van der Waals surface area (Å²) in [7, 11) is 0. The highest BCUT2D eigenvalue weighted by Gasteiger charge is 2.04. The lowest BCUT2D eigenvalue weighted by Crippen LogP contribution is -2.02. The van der Waals surface area contributed by atoms with Crippen LogP contribution in [-0.4, -0.2) is 15.0 Å². The average Bonchev–Trinajstić information content (AvgIpc) is 2.56. The van der Waals surface area contributed by atoms with E-state index in [2.05, 4.69) is 26.2 Å². The molecule has 0 aliphatic carbocycles. The third-order valence-corrected chi connectivity index (χ3v) is 2.40. The maximum Gasteiger partial charge on any atom is 0.165 e. The Morgan fingerprint density at radius 2 is 2.27 bits per heavy atom. The molecule has 0 fully saturated rings. The van der Waals surface area contributed by atoms with Gasteiger partial charge in [0.05, 0.1) is 12.7 Å². The van der Waals surface area contributed by atoms with Gasteiger partial charge in [-0.15, -0.1) is 5.10 Å². The summed E-state index contributed by atoms with van der Waals surface area (Å²) in [5, 5.41) is 7.36. The van der Waals surface area contributed by atoms with Gasteiger partial charge in [-0.25, -0.2) is 9.07 Å². The van der Waals surface area contributed by atoms with Gasteiger partial charge in [-0.3, -0.25) is 0 Å². The summed E-state index contributed by atoms with van der Waals surface area (Å²) in [6.45, 7) is 0.323. The number of anilines is 1. The number of aromatic nitrogens is 3. The minimum absolute atomic E-state index is 0.279. The summed E-state index contributed by atoms with van der Waals surface area (Å²) < 4.78 is 15.6. The zero-order valence-electron chi connectivity index (χ0n) is 7.69. The smallest absolute Gasteiger partial charge is 0.165 e. The molecule has 4 nitrogen and oxygen atoms in total. The Morgan fingerprint density at radius 3 is 2.87 bits per heavy atom. The van der Waals surface area contributed by atoms with E-state index in [0.29, 0.717) is 22.4 Å². The third-order valence-electron chi connectivity index (χ3n) is 1.90. The minimum atomic E-state index is -0.279. The van der Waals surface area contributed by atoms with E-state index in [0.717, 1.165) is 0 Å². The van der Waals surface area contributed by atoms with E-state index in [-0.39, 0.29) is 5.82 Å². The highest BCUT2D eigenvalue weighted by molar-refractivity contribution is 9.10. The van der Waals surface area contributed by atoms with Crippen LogP contribution in [0.25, 0.3) is 0 Å². The Bertz CT molecular complexity index is 483. The Hall–Kier alpha value is -1.43. The molecule has 0 aliphatic rings. The van der Waals surface area contributed by atoms with E-state index >= 15 is 0 Å². The van der Waals surface area contributed by atoms with Gasteiger partial charge in [0, 0.05) is 10.0 Å². The first-order chi connectivity index (χ1) is 7.15. The van der Waals surface area contributed by atoms with Crippen LogP contribution in [0.15, 0.2) is 28.9 Å². The topological polar surface area (TPSA) is 56.7 Å². The molecule has 1 heterocycles. The second-order valence-electron chi connectivity index (χ2n) is 3.08. The van der Waals surface area contributed by atoms with Crippen LogP contribution in [0.4, 0.5) is 10.2 Å². The average molecular weight is 271 g/mol. The predicted molar refractivity (Wildman–Crippen MR) is 57.6 cm³/mol. The molecule has 0 saturated carbocycles. The summed E-state index contributed by atoms with van der Waals surface area (Å²) in [6, 6.07) is 4.88. The Labute approximate surface area is 94.0 Å². The number of hydrogen-bond acceptors (Lipinski definition) is 3. The lowest BCUT2D eigenvalue weighted by molar-refractivity contribution is 0.576. The fourth-order valence-corrected chi connectivity index (χ4v) is 1.55. The van der Waals surface area contributed by atoms with Crippen molar-refractivity contribution >= 4 is 21.7 Å². The van der Waals surface area contributed by atoms with Gasteiger partial charge in [0.25, 0.3) is 0 Å². The van der Waals surface area contributed by atoms with Crippen LogP contribution in [0.2, 0.25) is 0 Å². The molecule has 6 heteroatoms. The van der Waals surface area contributed by atoms with Crippen molar-refractivity contribution < 1.29 is 4.39 Å². The van der Waals surface area contributed by atoms with Crippen molar-refractivity contribution in [1.29, 1.82) is 0 Å². The number of hydrogen-bond donors (Lipinski definition) is 1. The monoisotopic (exact) mass is 270 g/mol. The molecule has 0 radical (unpaired) electrons. The number of nitrogens with two attached hydrogens (primary N) is 1. The van der Waals surface area contributed by atoms with Crippen LogP contribution < -0.4 is 5.73 Å². The second kappa shape index (κ2) is 3.98. The third kappa shape index (κ3) is 2.33. The summed E-state index contributed by atoms with van der Waals surface area (Å²) in [6.07, 6.45) is 1.56. The number of benzene rings is 1. The van der Waals surface area contributed by atoms with Crippen molar-refractivity contribution in [3.63, 3.8) is 0 Å². The quantitative estimate of drug-likeness (QED) is 0.906. The van der Waals surface area contributed by atoms with Gasteiger partial charge >= 0.3 is 0 Å². The first-order valence-corrected chi connectivity index (χ1v) is 5.04. The molecule has 0 spiro atoms. The second-order valence-corrected chi connectivity index (χ2v) is 3.99. The van der Waals surface area contributed by atoms with E-state index < -0.39 is 0 Å². The molecule has 1 aromatic heterocycles. The van der Waals surface area contributed by atoms with Gasteiger partial charge < -0.3 is 5.73 Å². The van der Waals surface area contributed by atoms with Gasteiger partial charge in [-0.05, 0) is 12.1 Å². The minimum Gasteiger partial charge on any atom is -0.381 e. The molecular formula is C9H8BrFN4. The Balaban J connectivity index is 2.24. The molecular weight excluding hydrogens is 263 g/mol. The molecule has 0 amide bonds. The van der Waals surface area contributed by atoms with Gasteiger partial charge in [0.2, 0.25) is 0 Å². The number of nitrogens with zero attached hydrogens (tertiary/aromatic N) is 3. The maximum atomic E-state index is 13.4. The van der Waals surface area contributed by atoms with Crippen molar-refractivity contribution in [1.82, 2.24) is 15.0 Å². The molecule has 1 aromatic carbocycles. The molecule has 0 saturated heterocycles. The molecule has 15 heavy (non-hydrogen) atoms. The summed E-state index contributed by atoms with van der Waals surface area (Å²) in [4.78, 5) is 0. The molecule has 0 unspecified atom stereocenters. The molecule has 0 aliphatic heterocycles. The van der Waals surface area contributed by atoms with Crippen molar-refractivity contribution in [3.8, 4) is 0 Å². The van der Waals surface area contributed by atoms with Crippen molar-refractivity contribution in [2.24, 2.45) is 0 Å². The van der Waals surface area contributed by atoms with Crippen LogP contribution in [0, 0.1) is 5.82 Å². The molecule has 0 atom stereocenters. The SMILES string of the molecule is Nc1cn(Cc2ccc(Br)cc2F)nn1. The van der Waals surface area contributed by atoms with Crippen molar-refractivity contribution in [2.75, 3.05) is 5.73 Å². The summed E-state index contributed by atoms with van der Waals surface area (Å²) in [5.41, 5.74) is 5.94. The molecule has 2 aromatic rings. The van der Waals surface area contributed by atoms with Crippen molar-refractivity contribution in [3.05, 3.63) is 40.2 Å². The first kappa shape index (κ1) is 10.1. The Morgan fingerprint density at radius 1 is 1.47 bits per heavy atom. The van der Waals surface area contributed by atoms with Gasteiger partial charge in [-0.2, -0.15) is 0 Å². The van der Waals surface area contributed by atoms with Crippen LogP contribution in [0.1, 0.15) is 5.56 Å². The Kier molecular flexibility index (Phi) is 2.68. The van der Waals surface area contributed by atoms with Gasteiger partial charge in [0.15, 0.2) is 5.82 Å². The van der Waals surface area contributed by atoms with Crippen molar-refractivity contribution in [2.45, 2.75) is 6.54 Å². The van der Waals surface area contributed by atoms with E-state index in [9.17, 15) is 4.39 Å². The van der Waals surface area contributed by atoms with Crippen LogP contribution in [0.3, 0.4) is 0 Å². The van der Waals surface area contributed by atoms with Gasteiger partial charge in [0.1, 0.15) is 5.82 Å². The fraction of sp³-hybridized carbons (Fsp3) is 0.111. The van der Waals surface area contributed by atoms with E-state index in [4.69, 9.17) is 5.73 Å². The zero-order valence-corrected chi connectivity index (χ0v) is 9.28. The lowest BCUT2D eigenvalue weighted by Gasteiger charge is -2.02. The molecule has 0 bridgehead atoms. The van der Waals surface area contributed by atoms with Crippen LogP contribution >= 0.6 is 15.9 Å². The standard InChI is InChI=1S/C9H8BrFN4/c10-7-2-1-6(8(11)3-7)4-15-5-9(12)13-14-15/h1-3,5H,4,12H2. The normalized spacial score (nSPS) is 10.5. The van der Waals surface area contributed by atoms with Gasteiger partial charge in [-0.1, -0.05) is 27.2 Å². The molecule has 2 N–H and O–H groups in total. The highest BCUT2D eigenvalue weighted by Crippen LogP contribution is 2.16. The van der Waals surface area contributed by atoms with Crippen LogP contribution in [-0.2, 0) is 6.54 Å². The first-order valence-electron chi connectivity index (χ1n) is 4.24. The molecule has 2 rings (SSSR count). The molecule has 78 valence electrons. The number of halogens is 2. The number of rotatable bonds is 2. The maximum absolute atomic E-state index is 13.4. The summed E-state index contributed by atoms with van der Waals surface area (Å²) >= 11 is 3.19. The van der Waals surface area contributed by atoms with E-state index in [1.165, 1.54) is 10.7 Å². The predicted octanol–water partition coefficient (Wildman–Crippen LogP) is 1.81. The largest absolute Gasteiger partial charge is 0.381 e. The highest BCUT2D eigenvalue weighted by atomic mass is 79.9. The van der Waals surface area contributed by atoms with Crippen LogP contribution in [0.5, 0.6) is 0 Å². The van der Waals surface area contributed by atoms with E-state index in [1.54, 1.807) is 18.3 Å². The lowest BCUT2D eigenvalue weighted by atomic mass is 10.2. The fourth-order valence-electron chi connectivity index (χ4n) is 1.22. The number of nitrogen functional groups attached to an aromatic ring is 1.